The second-order valence-electron chi connectivity index (χ2n) is 6.50. The summed E-state index contributed by atoms with van der Waals surface area (Å²) in [5.41, 5.74) is 0.946. The zero-order valence-electron chi connectivity index (χ0n) is 13.3. The number of rotatable bonds is 3. The van der Waals surface area contributed by atoms with Crippen molar-refractivity contribution in [3.63, 3.8) is 0 Å². The molecular formula is C15H21N3O4. The number of amides is 1. The molecule has 22 heavy (non-hydrogen) atoms. The molecule has 0 radical (unpaired) electrons. The highest BCUT2D eigenvalue weighted by Crippen LogP contribution is 2.27. The maximum absolute atomic E-state index is 11.8. The number of ether oxygens (including phenoxy) is 1. The summed E-state index contributed by atoms with van der Waals surface area (Å²) in [6.45, 7) is 8.27. The first kappa shape index (κ1) is 16.1. The Hall–Kier alpha value is -2.31. The SMILES string of the molecule is Cc1ccc([N+](=O)[O-])c(NC2CN(C(=O)OC(C)(C)C)C2)c1. The summed E-state index contributed by atoms with van der Waals surface area (Å²) < 4.78 is 5.27. The van der Waals surface area contributed by atoms with Crippen molar-refractivity contribution >= 4 is 17.5 Å². The minimum atomic E-state index is -0.523. The molecule has 1 saturated heterocycles. The first-order valence-electron chi connectivity index (χ1n) is 7.15. The molecule has 1 fully saturated rings. The standard InChI is InChI=1S/C15H21N3O4/c1-10-5-6-13(18(20)21)12(7-10)16-11-8-17(9-11)14(19)22-15(2,3)4/h5-7,11,16H,8-9H2,1-4H3. The molecule has 7 nitrogen and oxygen atoms in total. The van der Waals surface area contributed by atoms with Crippen molar-refractivity contribution in [2.45, 2.75) is 39.3 Å². The van der Waals surface area contributed by atoms with Crippen LogP contribution in [-0.2, 0) is 4.74 Å². The van der Waals surface area contributed by atoms with Gasteiger partial charge < -0.3 is 15.0 Å². The maximum atomic E-state index is 11.8. The second kappa shape index (κ2) is 5.82. The molecule has 0 unspecified atom stereocenters. The van der Waals surface area contributed by atoms with Crippen LogP contribution in [0.4, 0.5) is 16.2 Å². The minimum Gasteiger partial charge on any atom is -0.444 e. The molecule has 1 heterocycles. The molecule has 1 aliphatic heterocycles. The molecule has 1 aromatic carbocycles. The van der Waals surface area contributed by atoms with Crippen molar-refractivity contribution in [3.8, 4) is 0 Å². The molecule has 0 spiro atoms. The monoisotopic (exact) mass is 307 g/mol. The summed E-state index contributed by atoms with van der Waals surface area (Å²) in [7, 11) is 0. The van der Waals surface area contributed by atoms with E-state index in [-0.39, 0.29) is 17.8 Å². The van der Waals surface area contributed by atoms with Gasteiger partial charge in [-0.2, -0.15) is 0 Å². The van der Waals surface area contributed by atoms with Crippen molar-refractivity contribution in [3.05, 3.63) is 33.9 Å². The van der Waals surface area contributed by atoms with Crippen molar-refractivity contribution in [1.82, 2.24) is 4.90 Å². The predicted molar refractivity (Wildman–Crippen MR) is 83.1 cm³/mol. The van der Waals surface area contributed by atoms with Gasteiger partial charge in [-0.25, -0.2) is 4.79 Å². The van der Waals surface area contributed by atoms with Crippen LogP contribution in [0.3, 0.4) is 0 Å². The Bertz CT molecular complexity index is 589. The van der Waals surface area contributed by atoms with E-state index in [9.17, 15) is 14.9 Å². The lowest BCUT2D eigenvalue weighted by atomic mass is 10.1. The third kappa shape index (κ3) is 3.87. The highest BCUT2D eigenvalue weighted by atomic mass is 16.6. The van der Waals surface area contributed by atoms with E-state index in [1.807, 2.05) is 27.7 Å². The van der Waals surface area contributed by atoms with E-state index in [0.717, 1.165) is 5.56 Å². The third-order valence-corrected chi connectivity index (χ3v) is 3.24. The molecule has 0 saturated carbocycles. The van der Waals surface area contributed by atoms with Crippen LogP contribution >= 0.6 is 0 Å². The third-order valence-electron chi connectivity index (χ3n) is 3.24. The van der Waals surface area contributed by atoms with Gasteiger partial charge >= 0.3 is 6.09 Å². The second-order valence-corrected chi connectivity index (χ2v) is 6.50. The van der Waals surface area contributed by atoms with Gasteiger partial charge in [0.2, 0.25) is 0 Å². The largest absolute Gasteiger partial charge is 0.444 e. The highest BCUT2D eigenvalue weighted by molar-refractivity contribution is 5.70. The first-order chi connectivity index (χ1) is 10.2. The van der Waals surface area contributed by atoms with Crippen LogP contribution in [0.2, 0.25) is 0 Å². The lowest BCUT2D eigenvalue weighted by Crippen LogP contribution is -2.57. The average molecular weight is 307 g/mol. The van der Waals surface area contributed by atoms with Crippen LogP contribution in [-0.4, -0.2) is 40.6 Å². The van der Waals surface area contributed by atoms with Gasteiger partial charge in [0.25, 0.3) is 5.69 Å². The zero-order chi connectivity index (χ0) is 16.5. The Balaban J connectivity index is 1.94. The Morgan fingerprint density at radius 1 is 1.41 bits per heavy atom. The van der Waals surface area contributed by atoms with E-state index in [1.165, 1.54) is 6.07 Å². The van der Waals surface area contributed by atoms with E-state index in [1.54, 1.807) is 17.0 Å². The summed E-state index contributed by atoms with van der Waals surface area (Å²) >= 11 is 0. The van der Waals surface area contributed by atoms with Gasteiger partial charge in [0.15, 0.2) is 0 Å². The predicted octanol–water partition coefficient (Wildman–Crippen LogP) is 2.93. The summed E-state index contributed by atoms with van der Waals surface area (Å²) in [5, 5.41) is 14.2. The lowest BCUT2D eigenvalue weighted by Gasteiger charge is -2.40. The Morgan fingerprint density at radius 3 is 2.59 bits per heavy atom. The normalized spacial score (nSPS) is 15.2. The molecule has 1 aromatic rings. The lowest BCUT2D eigenvalue weighted by molar-refractivity contribution is -0.384. The number of likely N-dealkylation sites (tertiary alicyclic amines) is 1. The van der Waals surface area contributed by atoms with Crippen LogP contribution in [0.15, 0.2) is 18.2 Å². The summed E-state index contributed by atoms with van der Waals surface area (Å²) in [6, 6.07) is 4.93. The number of nitrogens with zero attached hydrogens (tertiary/aromatic N) is 2. The number of anilines is 1. The molecule has 0 aromatic heterocycles. The fourth-order valence-electron chi connectivity index (χ4n) is 2.19. The molecule has 2 rings (SSSR count). The van der Waals surface area contributed by atoms with E-state index in [4.69, 9.17) is 4.74 Å². The van der Waals surface area contributed by atoms with Gasteiger partial charge in [-0.3, -0.25) is 10.1 Å². The fourth-order valence-corrected chi connectivity index (χ4v) is 2.19. The number of aryl methyl sites for hydroxylation is 1. The fraction of sp³-hybridized carbons (Fsp3) is 0.533. The molecular weight excluding hydrogens is 286 g/mol. The summed E-state index contributed by atoms with van der Waals surface area (Å²) in [6.07, 6.45) is -0.357. The maximum Gasteiger partial charge on any atom is 0.410 e. The molecule has 0 bridgehead atoms. The molecule has 0 atom stereocenters. The minimum absolute atomic E-state index is 0.00646. The zero-order valence-corrected chi connectivity index (χ0v) is 13.3. The van der Waals surface area contributed by atoms with Crippen LogP contribution < -0.4 is 5.32 Å². The van der Waals surface area contributed by atoms with Crippen molar-refractivity contribution in [2.75, 3.05) is 18.4 Å². The molecule has 1 N–H and O–H groups in total. The summed E-state index contributed by atoms with van der Waals surface area (Å²) in [4.78, 5) is 24.0. The number of benzene rings is 1. The van der Waals surface area contributed by atoms with Gasteiger partial charge in [-0.05, 0) is 39.3 Å². The van der Waals surface area contributed by atoms with Gasteiger partial charge in [0, 0.05) is 19.2 Å². The first-order valence-corrected chi connectivity index (χ1v) is 7.15. The Labute approximate surface area is 129 Å². The van der Waals surface area contributed by atoms with Crippen molar-refractivity contribution in [2.24, 2.45) is 0 Å². The highest BCUT2D eigenvalue weighted by Gasteiger charge is 2.34. The van der Waals surface area contributed by atoms with Crippen molar-refractivity contribution < 1.29 is 14.5 Å². The van der Waals surface area contributed by atoms with E-state index < -0.39 is 10.5 Å². The quantitative estimate of drug-likeness (QED) is 0.685. The number of nitrogens with one attached hydrogen (secondary N) is 1. The number of hydrogen-bond acceptors (Lipinski definition) is 5. The smallest absolute Gasteiger partial charge is 0.410 e. The average Bonchev–Trinajstić information content (AvgIpc) is 2.30. The van der Waals surface area contributed by atoms with Crippen molar-refractivity contribution in [1.29, 1.82) is 0 Å². The van der Waals surface area contributed by atoms with Gasteiger partial charge in [0.1, 0.15) is 11.3 Å². The summed E-state index contributed by atoms with van der Waals surface area (Å²) in [5.74, 6) is 0. The van der Waals surface area contributed by atoms with Gasteiger partial charge in [-0.1, -0.05) is 6.07 Å². The number of carbonyl (C=O) groups is 1. The topological polar surface area (TPSA) is 84.7 Å². The van der Waals surface area contributed by atoms with Crippen LogP contribution in [0, 0.1) is 17.0 Å². The Kier molecular flexibility index (Phi) is 4.25. The van der Waals surface area contributed by atoms with E-state index >= 15 is 0 Å². The number of carbonyl (C=O) groups excluding carboxylic acids is 1. The molecule has 7 heteroatoms. The number of nitro benzene ring substituents is 1. The number of hydrogen-bond donors (Lipinski definition) is 1. The molecule has 0 aliphatic carbocycles. The van der Waals surface area contributed by atoms with Crippen LogP contribution in [0.25, 0.3) is 0 Å². The van der Waals surface area contributed by atoms with E-state index in [0.29, 0.717) is 18.8 Å². The van der Waals surface area contributed by atoms with Gasteiger partial charge in [0.05, 0.1) is 11.0 Å². The Morgan fingerprint density at radius 2 is 2.05 bits per heavy atom. The van der Waals surface area contributed by atoms with Crippen LogP contribution in [0.1, 0.15) is 26.3 Å². The van der Waals surface area contributed by atoms with Gasteiger partial charge in [-0.15, -0.1) is 0 Å². The number of nitro groups is 1. The van der Waals surface area contributed by atoms with E-state index in [2.05, 4.69) is 5.32 Å². The molecule has 1 amide bonds. The molecule has 1 aliphatic rings. The van der Waals surface area contributed by atoms with Crippen LogP contribution in [0.5, 0.6) is 0 Å². The molecule has 120 valence electrons.